The van der Waals surface area contributed by atoms with Crippen LogP contribution in [0.2, 0.25) is 0 Å². The largest absolute Gasteiger partial charge is 0.354 e. The van der Waals surface area contributed by atoms with E-state index in [2.05, 4.69) is 22.3 Å². The molecule has 168 valence electrons. The van der Waals surface area contributed by atoms with Gasteiger partial charge in [0.15, 0.2) is 0 Å². The van der Waals surface area contributed by atoms with Gasteiger partial charge in [-0.2, -0.15) is 4.31 Å². The van der Waals surface area contributed by atoms with Crippen LogP contribution in [0.4, 0.5) is 0 Å². The number of rotatable bonds is 9. The fourth-order valence-corrected chi connectivity index (χ4v) is 5.43. The number of nitrogens with one attached hydrogen (secondary N) is 1. The van der Waals surface area contributed by atoms with E-state index in [0.29, 0.717) is 37.4 Å². The first-order valence-corrected chi connectivity index (χ1v) is 12.4. The molecule has 1 heterocycles. The predicted molar refractivity (Wildman–Crippen MR) is 123 cm³/mol. The van der Waals surface area contributed by atoms with Gasteiger partial charge in [-0.3, -0.25) is 4.79 Å². The summed E-state index contributed by atoms with van der Waals surface area (Å²) < 4.78 is 27.1. The molecule has 0 bridgehead atoms. The lowest BCUT2D eigenvalue weighted by Gasteiger charge is -2.26. The Balaban J connectivity index is 1.51. The molecule has 6 nitrogen and oxygen atoms in total. The fraction of sp³-hybridized carbons (Fsp3) is 0.458. The van der Waals surface area contributed by atoms with E-state index in [-0.39, 0.29) is 11.9 Å². The molecular weight excluding hydrogens is 410 g/mol. The zero-order valence-electron chi connectivity index (χ0n) is 18.5. The van der Waals surface area contributed by atoms with Crippen LogP contribution in [0.1, 0.15) is 42.9 Å². The molecule has 7 heteroatoms. The van der Waals surface area contributed by atoms with Crippen molar-refractivity contribution in [1.29, 1.82) is 0 Å². The second-order valence-corrected chi connectivity index (χ2v) is 10.2. The van der Waals surface area contributed by atoms with E-state index in [0.717, 1.165) is 24.8 Å². The van der Waals surface area contributed by atoms with Gasteiger partial charge < -0.3 is 10.2 Å². The monoisotopic (exact) mass is 443 g/mol. The van der Waals surface area contributed by atoms with Crippen LogP contribution in [0.15, 0.2) is 59.5 Å². The lowest BCUT2D eigenvalue weighted by molar-refractivity contribution is -0.121. The Morgan fingerprint density at radius 2 is 1.65 bits per heavy atom. The number of piperidine rings is 1. The first kappa shape index (κ1) is 23.4. The minimum Gasteiger partial charge on any atom is -0.354 e. The van der Waals surface area contributed by atoms with Gasteiger partial charge in [0.25, 0.3) is 0 Å². The third kappa shape index (κ3) is 6.38. The van der Waals surface area contributed by atoms with Gasteiger partial charge in [-0.1, -0.05) is 48.9 Å². The molecule has 2 aromatic carbocycles. The molecule has 1 aliphatic heterocycles. The molecule has 1 saturated heterocycles. The van der Waals surface area contributed by atoms with Crippen LogP contribution in [-0.4, -0.2) is 57.3 Å². The summed E-state index contributed by atoms with van der Waals surface area (Å²) in [5, 5.41) is 3.03. The van der Waals surface area contributed by atoms with Crippen molar-refractivity contribution in [3.05, 3.63) is 65.7 Å². The molecule has 1 atom stereocenters. The third-order valence-electron chi connectivity index (χ3n) is 5.82. The zero-order chi connectivity index (χ0) is 22.3. The summed E-state index contributed by atoms with van der Waals surface area (Å²) in [5.74, 6) is -0.00667. The molecule has 0 spiro atoms. The van der Waals surface area contributed by atoms with Crippen LogP contribution < -0.4 is 5.32 Å². The lowest BCUT2D eigenvalue weighted by atomic mass is 10.1. The van der Waals surface area contributed by atoms with Crippen LogP contribution in [0.3, 0.4) is 0 Å². The standard InChI is InChI=1S/C24H33N3O3S/c1-26(2)23(21-9-5-3-6-10-21)19-25-24(28)16-13-20-11-14-22(15-12-20)31(29,30)27-17-7-4-8-18-27/h3,5-6,9-12,14-15,23H,4,7-8,13,16-19H2,1-2H3,(H,25,28). The second kappa shape index (κ2) is 10.9. The van der Waals surface area contributed by atoms with Crippen molar-refractivity contribution in [1.82, 2.24) is 14.5 Å². The average molecular weight is 444 g/mol. The van der Waals surface area contributed by atoms with Gasteiger partial charge in [-0.05, 0) is 56.6 Å². The Morgan fingerprint density at radius 3 is 2.26 bits per heavy atom. The molecule has 1 N–H and O–H groups in total. The summed E-state index contributed by atoms with van der Waals surface area (Å²) in [6, 6.07) is 17.2. The maximum Gasteiger partial charge on any atom is 0.243 e. The van der Waals surface area contributed by atoms with E-state index in [9.17, 15) is 13.2 Å². The van der Waals surface area contributed by atoms with Crippen LogP contribution in [0, 0.1) is 0 Å². The van der Waals surface area contributed by atoms with Crippen molar-refractivity contribution in [2.75, 3.05) is 33.7 Å². The molecule has 0 aliphatic carbocycles. The van der Waals surface area contributed by atoms with Crippen molar-refractivity contribution < 1.29 is 13.2 Å². The highest BCUT2D eigenvalue weighted by atomic mass is 32.2. The van der Waals surface area contributed by atoms with Gasteiger partial charge in [0, 0.05) is 26.1 Å². The number of aryl methyl sites for hydroxylation is 1. The second-order valence-electron chi connectivity index (χ2n) is 8.30. The number of carbonyl (C=O) groups excluding carboxylic acids is 1. The van der Waals surface area contributed by atoms with Gasteiger partial charge in [0.05, 0.1) is 10.9 Å². The smallest absolute Gasteiger partial charge is 0.243 e. The van der Waals surface area contributed by atoms with E-state index < -0.39 is 10.0 Å². The molecule has 31 heavy (non-hydrogen) atoms. The average Bonchev–Trinajstić information content (AvgIpc) is 2.79. The Morgan fingerprint density at radius 1 is 1.00 bits per heavy atom. The van der Waals surface area contributed by atoms with Crippen LogP contribution >= 0.6 is 0 Å². The molecule has 1 amide bonds. The number of carbonyl (C=O) groups is 1. The first-order chi connectivity index (χ1) is 14.9. The molecule has 1 aliphatic rings. The predicted octanol–water partition coefficient (Wildman–Crippen LogP) is 3.21. The van der Waals surface area contributed by atoms with Crippen molar-refractivity contribution in [3.8, 4) is 0 Å². The minimum atomic E-state index is -3.41. The Kier molecular flexibility index (Phi) is 8.23. The van der Waals surface area contributed by atoms with Crippen LogP contribution in [-0.2, 0) is 21.2 Å². The maximum atomic E-state index is 12.7. The van der Waals surface area contributed by atoms with Crippen LogP contribution in [0.25, 0.3) is 0 Å². The van der Waals surface area contributed by atoms with Crippen molar-refractivity contribution in [2.24, 2.45) is 0 Å². The Hall–Kier alpha value is -2.22. The van der Waals surface area contributed by atoms with Gasteiger partial charge >= 0.3 is 0 Å². The van der Waals surface area contributed by atoms with Crippen molar-refractivity contribution >= 4 is 15.9 Å². The Labute approximate surface area is 186 Å². The molecule has 0 aromatic heterocycles. The summed E-state index contributed by atoms with van der Waals surface area (Å²) in [6.07, 6.45) is 3.88. The third-order valence-corrected chi connectivity index (χ3v) is 7.73. The van der Waals surface area contributed by atoms with Gasteiger partial charge in [0.1, 0.15) is 0 Å². The molecular formula is C24H33N3O3S. The normalized spacial score (nSPS) is 16.2. The first-order valence-electron chi connectivity index (χ1n) is 10.9. The van der Waals surface area contributed by atoms with E-state index in [1.807, 2.05) is 44.4 Å². The number of amides is 1. The molecule has 0 radical (unpaired) electrons. The molecule has 3 rings (SSSR count). The summed E-state index contributed by atoms with van der Waals surface area (Å²) in [6.45, 7) is 1.74. The Bertz CT molecular complexity index is 938. The zero-order valence-corrected chi connectivity index (χ0v) is 19.3. The van der Waals surface area contributed by atoms with E-state index >= 15 is 0 Å². The summed E-state index contributed by atoms with van der Waals surface area (Å²) >= 11 is 0. The number of nitrogens with zero attached hydrogens (tertiary/aromatic N) is 2. The van der Waals surface area contributed by atoms with Gasteiger partial charge in [0.2, 0.25) is 15.9 Å². The topological polar surface area (TPSA) is 69.7 Å². The summed E-state index contributed by atoms with van der Waals surface area (Å²) in [4.78, 5) is 14.8. The van der Waals surface area contributed by atoms with Gasteiger partial charge in [-0.15, -0.1) is 0 Å². The highest BCUT2D eigenvalue weighted by Gasteiger charge is 2.25. The molecule has 2 aromatic rings. The minimum absolute atomic E-state index is 0.00667. The highest BCUT2D eigenvalue weighted by Crippen LogP contribution is 2.21. The quantitative estimate of drug-likeness (QED) is 0.646. The summed E-state index contributed by atoms with van der Waals surface area (Å²) in [5.41, 5.74) is 2.12. The number of benzene rings is 2. The molecule has 1 fully saturated rings. The van der Waals surface area contributed by atoms with Crippen LogP contribution in [0.5, 0.6) is 0 Å². The maximum absolute atomic E-state index is 12.7. The van der Waals surface area contributed by atoms with Crippen molar-refractivity contribution in [3.63, 3.8) is 0 Å². The number of likely N-dealkylation sites (N-methyl/N-ethyl adjacent to an activating group) is 1. The van der Waals surface area contributed by atoms with Crippen molar-refractivity contribution in [2.45, 2.75) is 43.0 Å². The van der Waals surface area contributed by atoms with Gasteiger partial charge in [-0.25, -0.2) is 8.42 Å². The highest BCUT2D eigenvalue weighted by molar-refractivity contribution is 7.89. The molecule has 0 saturated carbocycles. The fourth-order valence-electron chi connectivity index (χ4n) is 3.91. The summed E-state index contributed by atoms with van der Waals surface area (Å²) in [7, 11) is 0.593. The lowest BCUT2D eigenvalue weighted by Crippen LogP contribution is -2.35. The van der Waals surface area contributed by atoms with E-state index in [1.54, 1.807) is 16.4 Å². The number of hydrogen-bond donors (Lipinski definition) is 1. The molecule has 1 unspecified atom stereocenters. The van der Waals surface area contributed by atoms with E-state index in [1.165, 1.54) is 5.56 Å². The number of sulfonamides is 1. The SMILES string of the molecule is CN(C)C(CNC(=O)CCc1ccc(S(=O)(=O)N2CCCCC2)cc1)c1ccccc1. The van der Waals surface area contributed by atoms with E-state index in [4.69, 9.17) is 0 Å². The number of hydrogen-bond acceptors (Lipinski definition) is 4.